The van der Waals surface area contributed by atoms with Gasteiger partial charge in [0.1, 0.15) is 11.5 Å². The molecule has 1 fully saturated rings. The van der Waals surface area contributed by atoms with Crippen molar-refractivity contribution in [3.05, 3.63) is 78.4 Å². The summed E-state index contributed by atoms with van der Waals surface area (Å²) in [5.74, 6) is -1.94. The normalized spacial score (nSPS) is 18.5. The van der Waals surface area contributed by atoms with E-state index < -0.39 is 50.6 Å². The topological polar surface area (TPSA) is 123 Å². The van der Waals surface area contributed by atoms with Crippen molar-refractivity contribution < 1.29 is 49.0 Å². The van der Waals surface area contributed by atoms with Crippen molar-refractivity contribution >= 4 is 15.9 Å². The van der Waals surface area contributed by atoms with Gasteiger partial charge in [-0.25, -0.2) is 8.42 Å². The molecule has 1 saturated heterocycles. The number of nitrogens with one attached hydrogen (secondary N) is 2. The molecule has 1 aliphatic heterocycles. The Morgan fingerprint density at radius 2 is 1.54 bits per heavy atom. The second kappa shape index (κ2) is 11.5. The van der Waals surface area contributed by atoms with Gasteiger partial charge in [-0.15, -0.1) is 26.3 Å². The number of sulfonamides is 1. The molecule has 1 aromatic heterocycles. The lowest BCUT2D eigenvalue weighted by Gasteiger charge is -2.44. The van der Waals surface area contributed by atoms with E-state index in [9.17, 15) is 39.6 Å². The van der Waals surface area contributed by atoms with Crippen LogP contribution in [0.2, 0.25) is 0 Å². The highest BCUT2D eigenvalue weighted by atomic mass is 32.2. The first kappa shape index (κ1) is 30.0. The minimum absolute atomic E-state index is 0.0424. The zero-order chi connectivity index (χ0) is 29.9. The third-order valence-electron chi connectivity index (χ3n) is 5.92. The molecule has 2 heterocycles. The molecule has 1 atom stereocenters. The molecule has 0 radical (unpaired) electrons. The molecule has 0 bridgehead atoms. The summed E-state index contributed by atoms with van der Waals surface area (Å²) in [6.45, 7) is -0.546. The third kappa shape index (κ3) is 7.04. The summed E-state index contributed by atoms with van der Waals surface area (Å²) in [7, 11) is -4.52. The van der Waals surface area contributed by atoms with Gasteiger partial charge in [0.2, 0.25) is 15.9 Å². The van der Waals surface area contributed by atoms with E-state index in [1.54, 1.807) is 0 Å². The number of carbonyl (C=O) groups excluding carboxylic acids is 1. The van der Waals surface area contributed by atoms with Crippen LogP contribution in [0, 0.1) is 0 Å². The Morgan fingerprint density at radius 1 is 0.951 bits per heavy atom. The van der Waals surface area contributed by atoms with E-state index in [0.717, 1.165) is 40.7 Å². The van der Waals surface area contributed by atoms with Gasteiger partial charge >= 0.3 is 12.7 Å². The van der Waals surface area contributed by atoms with E-state index in [0.29, 0.717) is 5.56 Å². The summed E-state index contributed by atoms with van der Waals surface area (Å²) in [6, 6.07) is 8.18. The predicted molar refractivity (Wildman–Crippen MR) is 129 cm³/mol. The van der Waals surface area contributed by atoms with E-state index in [1.165, 1.54) is 30.7 Å². The summed E-state index contributed by atoms with van der Waals surface area (Å²) >= 11 is 0. The van der Waals surface area contributed by atoms with E-state index in [2.05, 4.69) is 30.1 Å². The van der Waals surface area contributed by atoms with Crippen LogP contribution in [-0.4, -0.2) is 61.0 Å². The number of rotatable bonds is 8. The van der Waals surface area contributed by atoms with Gasteiger partial charge in [0, 0.05) is 38.6 Å². The van der Waals surface area contributed by atoms with Crippen LogP contribution in [0.4, 0.5) is 26.3 Å². The van der Waals surface area contributed by atoms with Gasteiger partial charge in [-0.2, -0.15) is 4.31 Å². The minimum atomic E-state index is -4.98. The molecular weight excluding hydrogens is 584 g/mol. The molecule has 4 rings (SSSR count). The van der Waals surface area contributed by atoms with Gasteiger partial charge in [-0.3, -0.25) is 14.8 Å². The second-order valence-electron chi connectivity index (χ2n) is 8.60. The van der Waals surface area contributed by atoms with E-state index in [4.69, 9.17) is 0 Å². The van der Waals surface area contributed by atoms with Crippen LogP contribution in [0.1, 0.15) is 11.3 Å². The van der Waals surface area contributed by atoms with Crippen LogP contribution in [0.25, 0.3) is 0 Å². The Hall–Kier alpha value is -3.96. The highest BCUT2D eigenvalue weighted by Gasteiger charge is 2.54. The van der Waals surface area contributed by atoms with Crippen molar-refractivity contribution in [2.75, 3.05) is 19.6 Å². The first-order chi connectivity index (χ1) is 19.2. The largest absolute Gasteiger partial charge is 0.573 e. The molecule has 0 aliphatic carbocycles. The van der Waals surface area contributed by atoms with E-state index >= 15 is 0 Å². The average Bonchev–Trinajstić information content (AvgIpc) is 2.91. The Kier molecular flexibility index (Phi) is 8.41. The van der Waals surface area contributed by atoms with Crippen molar-refractivity contribution in [1.82, 2.24) is 24.9 Å². The number of piperazine rings is 1. The van der Waals surface area contributed by atoms with E-state index in [1.807, 2.05) is 0 Å². The van der Waals surface area contributed by atoms with Crippen molar-refractivity contribution in [3.63, 3.8) is 0 Å². The highest BCUT2D eigenvalue weighted by Crippen LogP contribution is 2.35. The molecular formula is C24H21F6N5O5S. The maximum Gasteiger partial charge on any atom is 0.573 e. The van der Waals surface area contributed by atoms with Gasteiger partial charge < -0.3 is 20.1 Å². The molecule has 3 aromatic rings. The van der Waals surface area contributed by atoms with Crippen molar-refractivity contribution in [3.8, 4) is 11.5 Å². The summed E-state index contributed by atoms with van der Waals surface area (Å²) in [5, 5.41) is 5.57. The maximum atomic E-state index is 13.8. The van der Waals surface area contributed by atoms with Crippen LogP contribution in [0.5, 0.6) is 11.5 Å². The lowest BCUT2D eigenvalue weighted by molar-refractivity contribution is -0.275. The maximum absolute atomic E-state index is 13.8. The quantitative estimate of drug-likeness (QED) is 0.376. The molecule has 1 aliphatic rings. The Bertz CT molecular complexity index is 1460. The molecule has 10 nitrogen and oxygen atoms in total. The first-order valence-corrected chi connectivity index (χ1v) is 13.1. The van der Waals surface area contributed by atoms with Gasteiger partial charge in [0.25, 0.3) is 0 Å². The monoisotopic (exact) mass is 605 g/mol. The Morgan fingerprint density at radius 3 is 2.07 bits per heavy atom. The predicted octanol–water partition coefficient (Wildman–Crippen LogP) is 3.08. The SMILES string of the molecule is O=C(NCc1ccc(OC(F)(F)F)cc1)C1(c2cnccn2)CNCCN1S(=O)(=O)c1ccc(OC(F)(F)F)cc1. The van der Waals surface area contributed by atoms with Crippen LogP contribution in [0.3, 0.4) is 0 Å². The summed E-state index contributed by atoms with van der Waals surface area (Å²) in [6.07, 6.45) is -6.09. The lowest BCUT2D eigenvalue weighted by atomic mass is 9.92. The highest BCUT2D eigenvalue weighted by molar-refractivity contribution is 7.89. The molecule has 0 saturated carbocycles. The Balaban J connectivity index is 1.65. The summed E-state index contributed by atoms with van der Waals surface area (Å²) in [4.78, 5) is 21.5. The molecule has 2 N–H and O–H groups in total. The number of hydrogen-bond donors (Lipinski definition) is 2. The lowest BCUT2D eigenvalue weighted by Crippen LogP contribution is -2.67. The molecule has 1 amide bonds. The number of amides is 1. The molecule has 0 spiro atoms. The van der Waals surface area contributed by atoms with Crippen LogP contribution >= 0.6 is 0 Å². The fraction of sp³-hybridized carbons (Fsp3) is 0.292. The number of alkyl halides is 6. The smallest absolute Gasteiger partial charge is 0.406 e. The summed E-state index contributed by atoms with van der Waals surface area (Å²) < 4.78 is 111. The first-order valence-electron chi connectivity index (χ1n) is 11.7. The molecule has 2 aromatic carbocycles. The van der Waals surface area contributed by atoms with Gasteiger partial charge in [-0.1, -0.05) is 12.1 Å². The van der Waals surface area contributed by atoms with Gasteiger partial charge in [0.05, 0.1) is 16.8 Å². The number of nitrogens with zero attached hydrogens (tertiary/aromatic N) is 3. The summed E-state index contributed by atoms with van der Waals surface area (Å²) in [5.41, 5.74) is -1.66. The van der Waals surface area contributed by atoms with Crippen molar-refractivity contribution in [2.24, 2.45) is 0 Å². The number of halogens is 6. The number of ether oxygens (including phenoxy) is 2. The average molecular weight is 606 g/mol. The Labute approximate surface area is 229 Å². The molecule has 41 heavy (non-hydrogen) atoms. The molecule has 220 valence electrons. The zero-order valence-corrected chi connectivity index (χ0v) is 21.6. The zero-order valence-electron chi connectivity index (χ0n) is 20.7. The fourth-order valence-electron chi connectivity index (χ4n) is 4.17. The van der Waals surface area contributed by atoms with Gasteiger partial charge in [-0.05, 0) is 42.0 Å². The van der Waals surface area contributed by atoms with Crippen LogP contribution < -0.4 is 20.1 Å². The fourth-order valence-corrected chi connectivity index (χ4v) is 5.89. The number of aromatic nitrogens is 2. The number of carbonyl (C=O) groups is 1. The standard InChI is InChI=1S/C24H21F6N5O5S/c25-23(26,27)39-17-3-1-16(2-4-17)13-34-21(36)22(20-14-31-9-10-33-20)15-32-11-12-35(22)41(37,38)19-7-5-18(6-8-19)40-24(28,29)30/h1-10,14,32H,11-13,15H2,(H,34,36). The van der Waals surface area contributed by atoms with E-state index in [-0.39, 0.29) is 31.9 Å². The van der Waals surface area contributed by atoms with Gasteiger partial charge in [0.15, 0.2) is 5.54 Å². The minimum Gasteiger partial charge on any atom is -0.406 e. The van der Waals surface area contributed by atoms with Crippen molar-refractivity contribution in [1.29, 1.82) is 0 Å². The number of benzene rings is 2. The number of hydrogen-bond acceptors (Lipinski definition) is 8. The van der Waals surface area contributed by atoms with Crippen LogP contribution in [-0.2, 0) is 26.9 Å². The third-order valence-corrected chi connectivity index (χ3v) is 7.86. The van der Waals surface area contributed by atoms with Crippen molar-refractivity contribution in [2.45, 2.75) is 29.7 Å². The second-order valence-corrected chi connectivity index (χ2v) is 10.5. The van der Waals surface area contributed by atoms with Crippen LogP contribution in [0.15, 0.2) is 72.0 Å². The molecule has 1 unspecified atom stereocenters. The molecule has 17 heteroatoms.